The van der Waals surface area contributed by atoms with E-state index in [9.17, 15) is 9.59 Å². The van der Waals surface area contributed by atoms with Gasteiger partial charge in [0, 0.05) is 10.4 Å². The topological polar surface area (TPSA) is 81.4 Å². The zero-order valence-corrected chi connectivity index (χ0v) is 15.7. The Labute approximate surface area is 161 Å². The Hall–Kier alpha value is -3.12. The molecule has 2 aromatic carbocycles. The number of carbonyl (C=O) groups excluding carboxylic acids is 2. The molecule has 0 aliphatic rings. The van der Waals surface area contributed by atoms with Crippen LogP contribution in [0, 0.1) is 0 Å². The summed E-state index contributed by atoms with van der Waals surface area (Å²) < 4.78 is 5.72. The Kier molecular flexibility index (Phi) is 5.88. The first-order chi connectivity index (χ1) is 13.1. The fraction of sp³-hybridized carbons (Fsp3) is 0.143. The number of primary amides is 1. The van der Waals surface area contributed by atoms with Crippen molar-refractivity contribution in [1.82, 2.24) is 0 Å². The van der Waals surface area contributed by atoms with Gasteiger partial charge in [0.1, 0.15) is 17.4 Å². The zero-order valence-electron chi connectivity index (χ0n) is 14.9. The lowest BCUT2D eigenvalue weighted by molar-refractivity contribution is 0.100. The highest BCUT2D eigenvalue weighted by atomic mass is 32.1. The minimum Gasteiger partial charge on any atom is -0.489 e. The Balaban J connectivity index is 1.65. The second-order valence-electron chi connectivity index (χ2n) is 5.93. The van der Waals surface area contributed by atoms with Gasteiger partial charge in [-0.2, -0.15) is 0 Å². The van der Waals surface area contributed by atoms with Crippen LogP contribution in [0.3, 0.4) is 0 Å². The summed E-state index contributed by atoms with van der Waals surface area (Å²) in [4.78, 5) is 25.0. The molecule has 3 N–H and O–H groups in total. The van der Waals surface area contributed by atoms with E-state index in [-0.39, 0.29) is 5.91 Å². The molecular formula is C21H20N2O3S. The van der Waals surface area contributed by atoms with Crippen molar-refractivity contribution in [2.24, 2.45) is 5.73 Å². The third-order valence-corrected chi connectivity index (χ3v) is 5.18. The lowest BCUT2D eigenvalue weighted by Crippen LogP contribution is -2.16. The van der Waals surface area contributed by atoms with Crippen molar-refractivity contribution in [2.75, 3.05) is 5.32 Å². The number of rotatable bonds is 7. The summed E-state index contributed by atoms with van der Waals surface area (Å²) in [5.41, 5.74) is 7.29. The smallest absolute Gasteiger partial charge is 0.256 e. The van der Waals surface area contributed by atoms with Crippen LogP contribution in [0.1, 0.15) is 38.1 Å². The molecular weight excluding hydrogens is 360 g/mol. The summed E-state index contributed by atoms with van der Waals surface area (Å²) in [6.45, 7) is 2.44. The molecule has 0 unspecified atom stereocenters. The Morgan fingerprint density at radius 3 is 2.41 bits per heavy atom. The van der Waals surface area contributed by atoms with Gasteiger partial charge in [0.2, 0.25) is 0 Å². The van der Waals surface area contributed by atoms with Crippen molar-refractivity contribution >= 4 is 28.2 Å². The van der Waals surface area contributed by atoms with Crippen LogP contribution in [-0.4, -0.2) is 11.8 Å². The number of hydrogen-bond donors (Lipinski definition) is 2. The first-order valence-electron chi connectivity index (χ1n) is 8.57. The van der Waals surface area contributed by atoms with Gasteiger partial charge >= 0.3 is 0 Å². The molecule has 0 radical (unpaired) electrons. The number of carbonyl (C=O) groups is 2. The molecule has 0 atom stereocenters. The van der Waals surface area contributed by atoms with E-state index in [1.54, 1.807) is 30.3 Å². The third kappa shape index (κ3) is 4.74. The van der Waals surface area contributed by atoms with Gasteiger partial charge < -0.3 is 15.8 Å². The average Bonchev–Trinajstić information content (AvgIpc) is 3.11. The van der Waals surface area contributed by atoms with Crippen LogP contribution >= 0.6 is 11.3 Å². The first-order valence-corrected chi connectivity index (χ1v) is 9.39. The summed E-state index contributed by atoms with van der Waals surface area (Å²) in [5, 5.41) is 3.26. The maximum absolute atomic E-state index is 12.5. The van der Waals surface area contributed by atoms with E-state index in [2.05, 4.69) is 5.32 Å². The van der Waals surface area contributed by atoms with Gasteiger partial charge in [-0.1, -0.05) is 37.3 Å². The number of amides is 2. The molecule has 0 aliphatic carbocycles. The molecule has 0 fully saturated rings. The molecule has 138 valence electrons. The normalized spacial score (nSPS) is 10.4. The van der Waals surface area contributed by atoms with Crippen molar-refractivity contribution in [1.29, 1.82) is 0 Å². The number of aryl methyl sites for hydroxylation is 1. The fourth-order valence-electron chi connectivity index (χ4n) is 2.51. The quantitative estimate of drug-likeness (QED) is 0.643. The second-order valence-corrected chi connectivity index (χ2v) is 7.06. The number of anilines is 1. The van der Waals surface area contributed by atoms with E-state index in [0.717, 1.165) is 16.9 Å². The van der Waals surface area contributed by atoms with Crippen molar-refractivity contribution in [2.45, 2.75) is 20.0 Å². The summed E-state index contributed by atoms with van der Waals surface area (Å²) in [7, 11) is 0. The summed E-state index contributed by atoms with van der Waals surface area (Å²) >= 11 is 1.36. The molecule has 3 aromatic rings. The highest BCUT2D eigenvalue weighted by Crippen LogP contribution is 2.29. The first kappa shape index (κ1) is 18.7. The average molecular weight is 380 g/mol. The molecule has 27 heavy (non-hydrogen) atoms. The molecule has 0 spiro atoms. The standard InChI is InChI=1S/C21H20N2O3S/c1-2-17-12-18(19(22)24)21(27-17)23-20(25)15-8-10-16(11-9-15)26-13-14-6-4-3-5-7-14/h3-12H,2,13H2,1H3,(H2,22,24)(H,23,25). The van der Waals surface area contributed by atoms with Crippen molar-refractivity contribution in [3.8, 4) is 5.75 Å². The van der Waals surface area contributed by atoms with Gasteiger partial charge in [0.05, 0.1) is 5.56 Å². The molecule has 0 saturated heterocycles. The number of nitrogens with one attached hydrogen (secondary N) is 1. The molecule has 6 heteroatoms. The maximum Gasteiger partial charge on any atom is 0.256 e. The van der Waals surface area contributed by atoms with Gasteiger partial charge in [-0.25, -0.2) is 0 Å². The molecule has 0 aliphatic heterocycles. The highest BCUT2D eigenvalue weighted by molar-refractivity contribution is 7.16. The molecule has 0 bridgehead atoms. The van der Waals surface area contributed by atoms with Gasteiger partial charge in [-0.3, -0.25) is 9.59 Å². The molecule has 2 amide bonds. The minimum absolute atomic E-state index is 0.295. The van der Waals surface area contributed by atoms with Gasteiger partial charge in [0.25, 0.3) is 11.8 Å². The highest BCUT2D eigenvalue weighted by Gasteiger charge is 2.16. The third-order valence-electron chi connectivity index (χ3n) is 3.99. The number of benzene rings is 2. The lowest BCUT2D eigenvalue weighted by atomic mass is 10.2. The molecule has 1 aromatic heterocycles. The van der Waals surface area contributed by atoms with E-state index in [1.807, 2.05) is 37.3 Å². The minimum atomic E-state index is -0.550. The fourth-order valence-corrected chi connectivity index (χ4v) is 3.51. The number of nitrogens with two attached hydrogens (primary N) is 1. The Morgan fingerprint density at radius 1 is 1.07 bits per heavy atom. The van der Waals surface area contributed by atoms with E-state index < -0.39 is 5.91 Å². The van der Waals surface area contributed by atoms with E-state index in [4.69, 9.17) is 10.5 Å². The summed E-state index contributed by atoms with van der Waals surface area (Å²) in [6.07, 6.45) is 0.772. The van der Waals surface area contributed by atoms with Crippen molar-refractivity contribution < 1.29 is 14.3 Å². The monoisotopic (exact) mass is 380 g/mol. The molecule has 0 saturated carbocycles. The number of thiophene rings is 1. The lowest BCUT2D eigenvalue weighted by Gasteiger charge is -2.08. The van der Waals surface area contributed by atoms with E-state index in [0.29, 0.717) is 28.5 Å². The van der Waals surface area contributed by atoms with Crippen LogP contribution in [0.5, 0.6) is 5.75 Å². The summed E-state index contributed by atoms with van der Waals surface area (Å²) in [5.74, 6) is -0.167. The molecule has 5 nitrogen and oxygen atoms in total. The van der Waals surface area contributed by atoms with Crippen LogP contribution in [0.2, 0.25) is 0 Å². The van der Waals surface area contributed by atoms with Crippen LogP contribution in [0.25, 0.3) is 0 Å². The van der Waals surface area contributed by atoms with Gasteiger partial charge in [0.15, 0.2) is 0 Å². The van der Waals surface area contributed by atoms with Gasteiger partial charge in [-0.05, 0) is 42.3 Å². The van der Waals surface area contributed by atoms with Crippen LogP contribution in [-0.2, 0) is 13.0 Å². The summed E-state index contributed by atoms with van der Waals surface area (Å²) in [6, 6.07) is 18.5. The molecule has 1 heterocycles. The Bertz CT molecular complexity index is 934. The SMILES string of the molecule is CCc1cc(C(N)=O)c(NC(=O)c2ccc(OCc3ccccc3)cc2)s1. The van der Waals surface area contributed by atoms with Gasteiger partial charge in [-0.15, -0.1) is 11.3 Å². The molecule has 3 rings (SSSR count). The van der Waals surface area contributed by atoms with Crippen LogP contribution < -0.4 is 15.8 Å². The van der Waals surface area contributed by atoms with Crippen LogP contribution in [0.4, 0.5) is 5.00 Å². The predicted octanol–water partition coefficient (Wildman–Crippen LogP) is 4.24. The van der Waals surface area contributed by atoms with Crippen molar-refractivity contribution in [3.63, 3.8) is 0 Å². The second kappa shape index (κ2) is 8.51. The number of hydrogen-bond acceptors (Lipinski definition) is 4. The van der Waals surface area contributed by atoms with Crippen LogP contribution in [0.15, 0.2) is 60.7 Å². The Morgan fingerprint density at radius 2 is 1.78 bits per heavy atom. The predicted molar refractivity (Wildman–Crippen MR) is 107 cm³/mol. The van der Waals surface area contributed by atoms with E-state index >= 15 is 0 Å². The zero-order chi connectivity index (χ0) is 19.2. The maximum atomic E-state index is 12.5. The largest absolute Gasteiger partial charge is 0.489 e. The number of ether oxygens (including phenoxy) is 1. The van der Waals surface area contributed by atoms with E-state index in [1.165, 1.54) is 11.3 Å². The van der Waals surface area contributed by atoms with Crippen molar-refractivity contribution in [3.05, 3.63) is 82.2 Å².